The number of hydrogen-bond acceptors (Lipinski definition) is 8. The molecule has 2 aliphatic heterocycles. The molecule has 2 amide bonds. The van der Waals surface area contributed by atoms with E-state index in [2.05, 4.69) is 45.3 Å². The number of rotatable bonds is 12. The number of pyridine rings is 2. The average molecular weight is 706 g/mol. The van der Waals surface area contributed by atoms with Crippen LogP contribution < -0.4 is 31.6 Å². The maximum absolute atomic E-state index is 13.3. The number of fused-ring (bicyclic) bond motifs is 1. The third kappa shape index (κ3) is 7.37. The quantitative estimate of drug-likeness (QED) is 0.145. The monoisotopic (exact) mass is 705 g/mol. The van der Waals surface area contributed by atoms with E-state index in [-0.39, 0.29) is 29.5 Å². The third-order valence-electron chi connectivity index (χ3n) is 9.71. The molecular weight excluding hydrogens is 666 g/mol. The van der Waals surface area contributed by atoms with Crippen molar-refractivity contribution < 1.29 is 14.3 Å². The fourth-order valence-electron chi connectivity index (χ4n) is 6.93. The lowest BCUT2D eigenvalue weighted by molar-refractivity contribution is -0.120. The van der Waals surface area contributed by atoms with Gasteiger partial charge in [-0.15, -0.1) is 0 Å². The van der Waals surface area contributed by atoms with Gasteiger partial charge in [-0.05, 0) is 60.2 Å². The van der Waals surface area contributed by atoms with Crippen LogP contribution in [0.25, 0.3) is 39.2 Å². The van der Waals surface area contributed by atoms with Crippen molar-refractivity contribution in [3.05, 3.63) is 105 Å². The van der Waals surface area contributed by atoms with Crippen molar-refractivity contribution in [2.45, 2.75) is 57.8 Å². The number of hydrogen-bond donors (Lipinski definition) is 4. The fraction of sp³-hybridized carbons (Fsp3) is 0.308. The van der Waals surface area contributed by atoms with Crippen LogP contribution in [0.15, 0.2) is 77.9 Å². The Hall–Kier alpha value is -5.10. The lowest BCUT2D eigenvalue weighted by atomic mass is 9.92. The number of carbonyl (C=O) groups is 2. The van der Waals surface area contributed by atoms with Crippen molar-refractivity contribution >= 4 is 29.1 Å². The van der Waals surface area contributed by atoms with Crippen LogP contribution in [-0.4, -0.2) is 58.5 Å². The van der Waals surface area contributed by atoms with Crippen molar-refractivity contribution in [3.8, 4) is 39.4 Å². The first-order chi connectivity index (χ1) is 24.8. The molecule has 12 heteroatoms. The molecule has 262 valence electrons. The normalized spacial score (nSPS) is 17.2. The van der Waals surface area contributed by atoms with E-state index in [1.54, 1.807) is 23.9 Å². The molecule has 2 saturated heterocycles. The van der Waals surface area contributed by atoms with E-state index in [0.29, 0.717) is 66.8 Å². The maximum atomic E-state index is 13.3. The molecule has 5 heterocycles. The molecule has 2 unspecified atom stereocenters. The van der Waals surface area contributed by atoms with E-state index in [9.17, 15) is 14.4 Å². The summed E-state index contributed by atoms with van der Waals surface area (Å²) in [6.45, 7) is 4.28. The molecule has 2 aliphatic rings. The summed E-state index contributed by atoms with van der Waals surface area (Å²) >= 11 is 7.14. The van der Waals surface area contributed by atoms with Crippen molar-refractivity contribution in [3.63, 3.8) is 0 Å². The molecule has 4 N–H and O–H groups in total. The average Bonchev–Trinajstić information content (AvgIpc) is 3.76. The molecule has 0 saturated carbocycles. The second kappa shape index (κ2) is 15.0. The molecule has 5 aromatic rings. The van der Waals surface area contributed by atoms with E-state index < -0.39 is 0 Å². The van der Waals surface area contributed by atoms with Crippen LogP contribution in [0.4, 0.5) is 0 Å². The summed E-state index contributed by atoms with van der Waals surface area (Å²) in [5, 5.41) is 13.2. The van der Waals surface area contributed by atoms with E-state index >= 15 is 0 Å². The number of methoxy groups -OCH3 is 1. The Balaban J connectivity index is 1.10. The highest BCUT2D eigenvalue weighted by Crippen LogP contribution is 2.40. The number of halogens is 1. The Morgan fingerprint density at radius 3 is 2.16 bits per heavy atom. The van der Waals surface area contributed by atoms with Crippen molar-refractivity contribution in [1.29, 1.82) is 0 Å². The van der Waals surface area contributed by atoms with E-state index in [1.807, 2.05) is 48.5 Å². The summed E-state index contributed by atoms with van der Waals surface area (Å²) in [7, 11) is 1.61. The predicted octanol–water partition coefficient (Wildman–Crippen LogP) is 4.80. The third-order valence-corrected chi connectivity index (χ3v) is 10.1. The van der Waals surface area contributed by atoms with Crippen molar-refractivity contribution in [1.82, 2.24) is 35.6 Å². The molecule has 51 heavy (non-hydrogen) atoms. The summed E-state index contributed by atoms with van der Waals surface area (Å²) in [6, 6.07) is 20.1. The van der Waals surface area contributed by atoms with Crippen molar-refractivity contribution in [2.75, 3.05) is 20.2 Å². The van der Waals surface area contributed by atoms with Crippen LogP contribution in [0.5, 0.6) is 5.88 Å². The zero-order valence-electron chi connectivity index (χ0n) is 28.6. The van der Waals surface area contributed by atoms with Gasteiger partial charge in [0.25, 0.3) is 5.56 Å². The van der Waals surface area contributed by atoms with Crippen molar-refractivity contribution in [2.24, 2.45) is 0 Å². The Bertz CT molecular complexity index is 2190. The Morgan fingerprint density at radius 1 is 0.843 bits per heavy atom. The topological polar surface area (TPSA) is 139 Å². The standard InChI is InChI=1S/C39H40ClN7O4/c1-23-29(24-15-16-47-34(17-24)43-20-26(39(47)50)19-42-22-28-11-14-36(49)45-28)5-3-6-30(23)31-7-4-8-32(37(31)40)33-12-9-25(38(46-33)51-2)18-41-21-27-10-13-35(48)44-27/h3-9,12,15-17,20,27-28,41-42H,10-11,13-14,18-19,21-22H2,1-2H3,(H,44,48)(H,45,49). The van der Waals surface area contributed by atoms with Crippen LogP contribution in [-0.2, 0) is 22.7 Å². The Morgan fingerprint density at radius 2 is 1.49 bits per heavy atom. The molecular formula is C39H40ClN7O4. The zero-order chi connectivity index (χ0) is 35.5. The van der Waals surface area contributed by atoms with Gasteiger partial charge in [0.05, 0.1) is 17.8 Å². The summed E-state index contributed by atoms with van der Waals surface area (Å²) in [6.07, 6.45) is 6.14. The molecule has 11 nitrogen and oxygen atoms in total. The van der Waals surface area contributed by atoms with Crippen LogP contribution in [0.3, 0.4) is 0 Å². The van der Waals surface area contributed by atoms with E-state index in [1.165, 1.54) is 0 Å². The summed E-state index contributed by atoms with van der Waals surface area (Å²) < 4.78 is 7.23. The molecule has 0 spiro atoms. The minimum absolute atomic E-state index is 0.0701. The van der Waals surface area contributed by atoms with Gasteiger partial charge in [-0.2, -0.15) is 0 Å². The minimum atomic E-state index is -0.128. The molecule has 3 aromatic heterocycles. The smallest absolute Gasteiger partial charge is 0.262 e. The van der Waals surface area contributed by atoms with E-state index in [4.69, 9.17) is 21.3 Å². The van der Waals surface area contributed by atoms with Gasteiger partial charge in [0.2, 0.25) is 17.7 Å². The molecule has 2 fully saturated rings. The largest absolute Gasteiger partial charge is 0.481 e. The van der Waals surface area contributed by atoms with Gasteiger partial charge in [0.1, 0.15) is 5.65 Å². The summed E-state index contributed by atoms with van der Waals surface area (Å²) in [5.74, 6) is 0.686. The second-order valence-corrected chi connectivity index (χ2v) is 13.5. The lowest BCUT2D eigenvalue weighted by Crippen LogP contribution is -2.36. The minimum Gasteiger partial charge on any atom is -0.481 e. The summed E-state index contributed by atoms with van der Waals surface area (Å²) in [5.41, 5.74) is 8.22. The van der Waals surface area contributed by atoms with Gasteiger partial charge in [-0.3, -0.25) is 18.8 Å². The van der Waals surface area contributed by atoms with E-state index in [0.717, 1.165) is 51.8 Å². The number of nitrogens with zero attached hydrogens (tertiary/aromatic N) is 3. The molecule has 2 aromatic carbocycles. The van der Waals surface area contributed by atoms with Crippen LogP contribution in [0, 0.1) is 6.92 Å². The Kier molecular flexibility index (Phi) is 10.1. The lowest BCUT2D eigenvalue weighted by Gasteiger charge is -2.16. The van der Waals surface area contributed by atoms with Gasteiger partial charge < -0.3 is 26.0 Å². The van der Waals surface area contributed by atoms with Crippen LogP contribution >= 0.6 is 11.6 Å². The molecule has 0 aliphatic carbocycles. The van der Waals surface area contributed by atoms with Gasteiger partial charge in [0.15, 0.2) is 0 Å². The molecule has 2 atom stereocenters. The number of ether oxygens (including phenoxy) is 1. The predicted molar refractivity (Wildman–Crippen MR) is 198 cm³/mol. The fourth-order valence-corrected chi connectivity index (χ4v) is 7.26. The second-order valence-electron chi connectivity index (χ2n) is 13.1. The number of benzene rings is 2. The van der Waals surface area contributed by atoms with Gasteiger partial charge in [0, 0.05) is 85.8 Å². The van der Waals surface area contributed by atoms with Gasteiger partial charge in [-0.25, -0.2) is 9.97 Å². The first-order valence-corrected chi connectivity index (χ1v) is 17.6. The molecule has 7 rings (SSSR count). The number of aromatic nitrogens is 3. The molecule has 0 radical (unpaired) electrons. The van der Waals surface area contributed by atoms with Crippen LogP contribution in [0.2, 0.25) is 5.02 Å². The highest BCUT2D eigenvalue weighted by atomic mass is 35.5. The first-order valence-electron chi connectivity index (χ1n) is 17.2. The number of nitrogens with one attached hydrogen (secondary N) is 4. The van der Waals surface area contributed by atoms with Gasteiger partial charge in [-0.1, -0.05) is 54.1 Å². The maximum Gasteiger partial charge on any atom is 0.262 e. The summed E-state index contributed by atoms with van der Waals surface area (Å²) in [4.78, 5) is 45.7. The molecule has 0 bridgehead atoms. The Labute approximate surface area is 300 Å². The number of carbonyl (C=O) groups excluding carboxylic acids is 2. The highest BCUT2D eigenvalue weighted by Gasteiger charge is 2.22. The number of amides is 2. The highest BCUT2D eigenvalue weighted by molar-refractivity contribution is 6.36. The zero-order valence-corrected chi connectivity index (χ0v) is 29.3. The SMILES string of the molecule is COc1nc(-c2cccc(-c3cccc(-c4ccn5c(=O)c(CNCC6CCC(=O)N6)cnc5c4)c3C)c2Cl)ccc1CNCC1CCC(=O)N1. The van der Waals surface area contributed by atoms with Crippen LogP contribution in [0.1, 0.15) is 42.4 Å². The first kappa shape index (κ1) is 34.4. The van der Waals surface area contributed by atoms with Gasteiger partial charge >= 0.3 is 0 Å².